The molecule has 0 radical (unpaired) electrons. The maximum atomic E-state index is 14.6. The second kappa shape index (κ2) is 27.9. The zero-order valence-corrected chi connectivity index (χ0v) is 40.8. The molecule has 0 aromatic heterocycles. The molecule has 1 aliphatic carbocycles. The van der Waals surface area contributed by atoms with Crippen LogP contribution in [0.25, 0.3) is 0 Å². The summed E-state index contributed by atoms with van der Waals surface area (Å²) in [4.78, 5) is 162. The number of nitrogens with one attached hydrogen (secondary N) is 8. The average Bonchev–Trinajstić information content (AvgIpc) is 3.84. The van der Waals surface area contributed by atoms with Crippen molar-refractivity contribution >= 4 is 70.9 Å². The third kappa shape index (κ3) is 18.1. The van der Waals surface area contributed by atoms with E-state index in [4.69, 9.17) is 17.2 Å². The number of primary amides is 3. The molecule has 2 heterocycles. The number of nitrogens with zero attached hydrogens (tertiary/aromatic N) is 1. The lowest BCUT2D eigenvalue weighted by Gasteiger charge is -2.32. The van der Waals surface area contributed by atoms with Crippen molar-refractivity contribution in [3.8, 4) is 5.75 Å². The van der Waals surface area contributed by atoms with E-state index in [-0.39, 0.29) is 37.5 Å². The van der Waals surface area contributed by atoms with Crippen LogP contribution in [0.5, 0.6) is 5.75 Å². The molecule has 2 saturated heterocycles. The van der Waals surface area contributed by atoms with Gasteiger partial charge in [-0.3, -0.25) is 57.5 Å². The van der Waals surface area contributed by atoms with Crippen LogP contribution in [0.4, 0.5) is 0 Å². The number of rotatable bonds is 17. The van der Waals surface area contributed by atoms with E-state index < -0.39 is 164 Å². The predicted molar refractivity (Wildman–Crippen MR) is 255 cm³/mol. The van der Waals surface area contributed by atoms with Crippen molar-refractivity contribution in [2.45, 2.75) is 152 Å². The van der Waals surface area contributed by atoms with Crippen molar-refractivity contribution in [2.75, 3.05) is 19.6 Å². The molecule has 2 aliphatic heterocycles. The number of phenolic OH excluding ortho intramolecular Hbond substituents is 1. The number of benzene rings is 1. The number of carbonyl (C=O) groups excluding carboxylic acids is 12. The van der Waals surface area contributed by atoms with Gasteiger partial charge in [0.1, 0.15) is 48.0 Å². The van der Waals surface area contributed by atoms with Crippen LogP contribution in [0, 0.1) is 11.8 Å². The third-order valence-electron chi connectivity index (χ3n) is 13.1. The minimum absolute atomic E-state index is 0.0161. The van der Waals surface area contributed by atoms with Gasteiger partial charge in [-0.05, 0) is 55.2 Å². The summed E-state index contributed by atoms with van der Waals surface area (Å²) in [6.45, 7) is 2.23. The van der Waals surface area contributed by atoms with Crippen LogP contribution in [0.3, 0.4) is 0 Å². The average molecular weight is 1010 g/mol. The van der Waals surface area contributed by atoms with Crippen molar-refractivity contribution in [3.63, 3.8) is 0 Å². The number of aromatic hydroxyl groups is 1. The highest BCUT2D eigenvalue weighted by atomic mass is 16.3. The first kappa shape index (κ1) is 57.2. The summed E-state index contributed by atoms with van der Waals surface area (Å²) in [7, 11) is 0. The monoisotopic (exact) mass is 1010 g/mol. The largest absolute Gasteiger partial charge is 0.508 e. The highest BCUT2D eigenvalue weighted by molar-refractivity contribution is 6.00. The van der Waals surface area contributed by atoms with Gasteiger partial charge in [-0.2, -0.15) is 0 Å². The molecule has 12 amide bonds. The Morgan fingerprint density at radius 1 is 0.736 bits per heavy atom. The molecule has 0 unspecified atom stereocenters. The fourth-order valence-electron chi connectivity index (χ4n) is 8.86. The molecule has 1 aromatic carbocycles. The van der Waals surface area contributed by atoms with Gasteiger partial charge >= 0.3 is 0 Å². The Morgan fingerprint density at radius 3 is 2.01 bits per heavy atom. The molecule has 3 fully saturated rings. The molecule has 0 spiro atoms. The summed E-state index contributed by atoms with van der Waals surface area (Å²) in [6.07, 6.45) is 2.72. The smallest absolute Gasteiger partial charge is 0.247 e. The van der Waals surface area contributed by atoms with Crippen LogP contribution in [-0.4, -0.2) is 143 Å². The van der Waals surface area contributed by atoms with Crippen LogP contribution < -0.4 is 59.7 Å². The van der Waals surface area contributed by atoms with Crippen molar-refractivity contribution in [3.05, 3.63) is 29.8 Å². The van der Waals surface area contributed by atoms with E-state index in [2.05, 4.69) is 42.5 Å². The van der Waals surface area contributed by atoms with E-state index in [1.807, 2.05) is 0 Å². The lowest BCUT2D eigenvalue weighted by Crippen LogP contribution is -2.62. The van der Waals surface area contributed by atoms with Gasteiger partial charge in [0.2, 0.25) is 70.9 Å². The van der Waals surface area contributed by atoms with Gasteiger partial charge in [-0.1, -0.05) is 64.5 Å². The van der Waals surface area contributed by atoms with E-state index in [0.29, 0.717) is 18.4 Å². The zero-order chi connectivity index (χ0) is 53.1. The van der Waals surface area contributed by atoms with Gasteiger partial charge in [0.05, 0.1) is 13.0 Å². The number of likely N-dealkylation sites (tertiary alicyclic amines) is 1. The summed E-state index contributed by atoms with van der Waals surface area (Å²) in [5.41, 5.74) is 16.7. The molecule has 3 aliphatic rings. The molecule has 0 bridgehead atoms. The standard InChI is InChI=1S/C47H70N12O13/c1-3-25(2)40-46(71)54-29(15-16-35(48)61)42(67)55-32(22-36(49)62)43(68)57-33(23-51-38(64)17-18-39(65)53-31(44(69)58-40)21-27-11-13-28(60)14-12-27)47(72)59-19-7-10-34(59)45(70)56-30(41(66)52-24-37(50)63)20-26-8-5-4-6-9-26/h11-14,25-26,29-34,40,60H,3-10,15-24H2,1-2H3,(H2,48,61)(H2,49,62)(H2,50,63)(H,51,64)(H,52,66)(H,53,65)(H,54,71)(H,55,67)(H,56,70)(H,57,68)(H,58,69)/t25-,29-,30-,31-,32-,33-,34-,40-/m0/s1. The number of amides is 12. The van der Waals surface area contributed by atoms with E-state index in [0.717, 1.165) is 37.0 Å². The van der Waals surface area contributed by atoms with Crippen LogP contribution in [0.1, 0.15) is 109 Å². The molecular formula is C47H70N12O13. The highest BCUT2D eigenvalue weighted by Crippen LogP contribution is 2.28. The van der Waals surface area contributed by atoms with Gasteiger partial charge < -0.3 is 69.7 Å². The number of hydrogen-bond acceptors (Lipinski definition) is 13. The second-order valence-electron chi connectivity index (χ2n) is 18.7. The summed E-state index contributed by atoms with van der Waals surface area (Å²) in [5, 5.41) is 30.1. The SMILES string of the molecule is CC[C@H](C)[C@@H]1NC(=O)[C@H](Cc2ccc(O)cc2)NC(=O)CCC(=O)NC[C@@H](C(=O)N2CCC[C@H]2C(=O)N[C@@H](CC2CCCCC2)C(=O)NCC(N)=O)NC(=O)[C@H](CC(N)=O)NC(=O)[C@H](CCC(N)=O)NC1=O. The van der Waals surface area contributed by atoms with Gasteiger partial charge in [-0.15, -0.1) is 0 Å². The first-order valence-electron chi connectivity index (χ1n) is 24.4. The summed E-state index contributed by atoms with van der Waals surface area (Å²) in [5.74, 6) is -11.1. The fourth-order valence-corrected chi connectivity index (χ4v) is 8.86. The Morgan fingerprint density at radius 2 is 1.38 bits per heavy atom. The number of hydrogen-bond donors (Lipinski definition) is 12. The highest BCUT2D eigenvalue weighted by Gasteiger charge is 2.41. The zero-order valence-electron chi connectivity index (χ0n) is 40.8. The van der Waals surface area contributed by atoms with E-state index in [9.17, 15) is 62.6 Å². The Balaban J connectivity index is 1.69. The molecular weight excluding hydrogens is 941 g/mol. The number of nitrogens with two attached hydrogens (primary N) is 3. The Hall–Kier alpha value is -7.34. The molecule has 25 heteroatoms. The molecule has 1 saturated carbocycles. The Bertz CT molecular complexity index is 2170. The van der Waals surface area contributed by atoms with Gasteiger partial charge in [-0.25, -0.2) is 0 Å². The molecule has 4 rings (SSSR count). The minimum Gasteiger partial charge on any atom is -0.508 e. The van der Waals surface area contributed by atoms with Gasteiger partial charge in [0.25, 0.3) is 0 Å². The van der Waals surface area contributed by atoms with Crippen molar-refractivity contribution in [1.29, 1.82) is 0 Å². The molecule has 15 N–H and O–H groups in total. The van der Waals surface area contributed by atoms with Gasteiger partial charge in [0, 0.05) is 38.8 Å². The molecule has 1 aromatic rings. The van der Waals surface area contributed by atoms with Crippen molar-refractivity contribution < 1.29 is 62.6 Å². The van der Waals surface area contributed by atoms with Crippen LogP contribution >= 0.6 is 0 Å². The van der Waals surface area contributed by atoms with Gasteiger partial charge in [0.15, 0.2) is 0 Å². The first-order valence-corrected chi connectivity index (χ1v) is 24.4. The number of carbonyl (C=O) groups is 12. The van der Waals surface area contributed by atoms with Crippen LogP contribution in [0.2, 0.25) is 0 Å². The minimum atomic E-state index is -1.83. The third-order valence-corrected chi connectivity index (χ3v) is 13.1. The molecule has 25 nitrogen and oxygen atoms in total. The maximum absolute atomic E-state index is 14.6. The van der Waals surface area contributed by atoms with Crippen molar-refractivity contribution in [1.82, 2.24) is 47.4 Å². The topological polar surface area (TPSA) is 403 Å². The number of phenols is 1. The van der Waals surface area contributed by atoms with Crippen LogP contribution in [-0.2, 0) is 64.0 Å². The summed E-state index contributed by atoms with van der Waals surface area (Å²) < 4.78 is 0. The molecule has 72 heavy (non-hydrogen) atoms. The van der Waals surface area contributed by atoms with Crippen LogP contribution in [0.15, 0.2) is 24.3 Å². The lowest BCUT2D eigenvalue weighted by atomic mass is 9.84. The Kier molecular flexibility index (Phi) is 22.2. The molecule has 396 valence electrons. The lowest BCUT2D eigenvalue weighted by molar-refractivity contribution is -0.143. The normalized spacial score (nSPS) is 24.1. The quantitative estimate of drug-likeness (QED) is 0.0722. The van der Waals surface area contributed by atoms with E-state index >= 15 is 0 Å². The first-order chi connectivity index (χ1) is 34.1. The van der Waals surface area contributed by atoms with Crippen molar-refractivity contribution in [2.24, 2.45) is 29.0 Å². The second-order valence-corrected chi connectivity index (χ2v) is 18.7. The maximum Gasteiger partial charge on any atom is 0.247 e. The summed E-state index contributed by atoms with van der Waals surface area (Å²) >= 11 is 0. The molecule has 8 atom stereocenters. The Labute approximate surface area is 416 Å². The predicted octanol–water partition coefficient (Wildman–Crippen LogP) is -3.50. The fraction of sp³-hybridized carbons (Fsp3) is 0.617. The van der Waals surface area contributed by atoms with E-state index in [1.54, 1.807) is 13.8 Å². The summed E-state index contributed by atoms with van der Waals surface area (Å²) in [6, 6.07) is -4.33. The van der Waals surface area contributed by atoms with E-state index in [1.165, 1.54) is 24.3 Å².